The summed E-state index contributed by atoms with van der Waals surface area (Å²) in [5.74, 6) is 0. The Labute approximate surface area is 106 Å². The van der Waals surface area contributed by atoms with Crippen LogP contribution in [0.3, 0.4) is 0 Å². The van der Waals surface area contributed by atoms with E-state index >= 15 is 0 Å². The summed E-state index contributed by atoms with van der Waals surface area (Å²) in [4.78, 5) is 14.7. The Morgan fingerprint density at radius 2 is 1.78 bits per heavy atom. The molecule has 2 aromatic rings. The number of rotatable bonds is 1. The Morgan fingerprint density at radius 1 is 1.11 bits per heavy atom. The molecule has 0 aliphatic carbocycles. The van der Waals surface area contributed by atoms with Gasteiger partial charge in [0, 0.05) is 5.56 Å². The van der Waals surface area contributed by atoms with Crippen LogP contribution >= 0.6 is 0 Å². The third-order valence-corrected chi connectivity index (χ3v) is 3.30. The van der Waals surface area contributed by atoms with Crippen LogP contribution in [0, 0.1) is 32.1 Å². The van der Waals surface area contributed by atoms with E-state index in [0.717, 1.165) is 27.9 Å². The van der Waals surface area contributed by atoms with Gasteiger partial charge in [-0.1, -0.05) is 24.3 Å². The molecule has 0 aliphatic rings. The van der Waals surface area contributed by atoms with Gasteiger partial charge in [-0.15, -0.1) is 0 Å². The highest BCUT2D eigenvalue weighted by Crippen LogP contribution is 2.25. The summed E-state index contributed by atoms with van der Waals surface area (Å²) in [5, 5.41) is 8.97. The number of hydrogen-bond donors (Lipinski definition) is 1. The van der Waals surface area contributed by atoms with Crippen molar-refractivity contribution >= 4 is 0 Å². The summed E-state index contributed by atoms with van der Waals surface area (Å²) in [7, 11) is 0. The Hall–Kier alpha value is -2.34. The van der Waals surface area contributed by atoms with Gasteiger partial charge < -0.3 is 4.98 Å². The topological polar surface area (TPSA) is 56.6 Å². The lowest BCUT2D eigenvalue weighted by molar-refractivity contribution is 1.14. The monoisotopic (exact) mass is 238 g/mol. The van der Waals surface area contributed by atoms with E-state index in [1.54, 1.807) is 0 Å². The molecule has 0 spiro atoms. The molecule has 0 saturated heterocycles. The first kappa shape index (κ1) is 12.1. The second-order valence-electron chi connectivity index (χ2n) is 4.38. The van der Waals surface area contributed by atoms with Gasteiger partial charge in [-0.2, -0.15) is 5.26 Å². The number of pyridine rings is 1. The molecule has 1 aromatic carbocycles. The largest absolute Gasteiger partial charge is 0.321 e. The van der Waals surface area contributed by atoms with Crippen LogP contribution in [0.2, 0.25) is 0 Å². The molecule has 3 heteroatoms. The molecule has 0 bridgehead atoms. The van der Waals surface area contributed by atoms with Crippen molar-refractivity contribution in [2.24, 2.45) is 0 Å². The zero-order valence-electron chi connectivity index (χ0n) is 10.7. The summed E-state index contributed by atoms with van der Waals surface area (Å²) in [5.41, 5.74) is 4.47. The summed E-state index contributed by atoms with van der Waals surface area (Å²) in [6.07, 6.45) is 0. The van der Waals surface area contributed by atoms with Gasteiger partial charge in [0.2, 0.25) is 0 Å². The molecule has 0 radical (unpaired) electrons. The number of aryl methyl sites for hydroxylation is 1. The lowest BCUT2D eigenvalue weighted by atomic mass is 9.97. The van der Waals surface area contributed by atoms with E-state index in [2.05, 4.69) is 4.98 Å². The van der Waals surface area contributed by atoms with Crippen molar-refractivity contribution in [1.82, 2.24) is 4.98 Å². The number of aromatic amines is 1. The standard InChI is InChI=1S/C15H14N2O/c1-9-6-4-5-7-12(9)14-11(3)10(2)13(8-16)15(18)17-14/h4-7H,1-3H3,(H,17,18). The molecule has 0 saturated carbocycles. The fourth-order valence-electron chi connectivity index (χ4n) is 2.07. The maximum Gasteiger partial charge on any atom is 0.266 e. The fraction of sp³-hybridized carbons (Fsp3) is 0.200. The summed E-state index contributed by atoms with van der Waals surface area (Å²) >= 11 is 0. The summed E-state index contributed by atoms with van der Waals surface area (Å²) in [6, 6.07) is 9.83. The van der Waals surface area contributed by atoms with Crippen LogP contribution in [0.15, 0.2) is 29.1 Å². The van der Waals surface area contributed by atoms with Crippen LogP contribution in [0.4, 0.5) is 0 Å². The summed E-state index contributed by atoms with van der Waals surface area (Å²) < 4.78 is 0. The second-order valence-corrected chi connectivity index (χ2v) is 4.38. The van der Waals surface area contributed by atoms with Crippen LogP contribution in [-0.2, 0) is 0 Å². The highest BCUT2D eigenvalue weighted by Gasteiger charge is 2.13. The van der Waals surface area contributed by atoms with Gasteiger partial charge in [-0.05, 0) is 37.5 Å². The molecule has 0 unspecified atom stereocenters. The van der Waals surface area contributed by atoms with E-state index in [1.807, 2.05) is 51.1 Å². The van der Waals surface area contributed by atoms with Gasteiger partial charge in [0.05, 0.1) is 5.69 Å². The third kappa shape index (κ3) is 1.82. The summed E-state index contributed by atoms with van der Waals surface area (Å²) in [6.45, 7) is 5.74. The van der Waals surface area contributed by atoms with Crippen molar-refractivity contribution in [1.29, 1.82) is 5.26 Å². The van der Waals surface area contributed by atoms with E-state index in [0.29, 0.717) is 0 Å². The lowest BCUT2D eigenvalue weighted by Gasteiger charge is -2.11. The van der Waals surface area contributed by atoms with Crippen molar-refractivity contribution in [2.75, 3.05) is 0 Å². The molecule has 2 rings (SSSR count). The van der Waals surface area contributed by atoms with Crippen molar-refractivity contribution < 1.29 is 0 Å². The minimum atomic E-state index is -0.321. The molecular formula is C15H14N2O. The highest BCUT2D eigenvalue weighted by molar-refractivity contribution is 5.68. The highest BCUT2D eigenvalue weighted by atomic mass is 16.1. The average molecular weight is 238 g/mol. The van der Waals surface area contributed by atoms with Gasteiger partial charge in [0.15, 0.2) is 0 Å². The number of nitrogens with zero attached hydrogens (tertiary/aromatic N) is 1. The Morgan fingerprint density at radius 3 is 2.39 bits per heavy atom. The molecule has 0 aliphatic heterocycles. The number of nitriles is 1. The normalized spacial score (nSPS) is 10.1. The molecule has 0 amide bonds. The van der Waals surface area contributed by atoms with Gasteiger partial charge >= 0.3 is 0 Å². The molecule has 3 nitrogen and oxygen atoms in total. The van der Waals surface area contributed by atoms with E-state index < -0.39 is 0 Å². The van der Waals surface area contributed by atoms with E-state index in [-0.39, 0.29) is 11.1 Å². The van der Waals surface area contributed by atoms with Gasteiger partial charge in [-0.25, -0.2) is 0 Å². The first-order chi connectivity index (χ1) is 8.56. The predicted octanol–water partition coefficient (Wildman–Crippen LogP) is 2.84. The SMILES string of the molecule is Cc1ccccc1-c1[nH]c(=O)c(C#N)c(C)c1C. The van der Waals surface area contributed by atoms with Crippen LogP contribution < -0.4 is 5.56 Å². The average Bonchev–Trinajstić information content (AvgIpc) is 2.35. The van der Waals surface area contributed by atoms with Crippen molar-refractivity contribution in [2.45, 2.75) is 20.8 Å². The van der Waals surface area contributed by atoms with E-state index in [9.17, 15) is 4.79 Å². The zero-order chi connectivity index (χ0) is 13.3. The maximum atomic E-state index is 11.9. The molecule has 0 atom stereocenters. The smallest absolute Gasteiger partial charge is 0.266 e. The molecule has 1 N–H and O–H groups in total. The minimum Gasteiger partial charge on any atom is -0.321 e. The Balaban J connectivity index is 2.80. The molecule has 1 aromatic heterocycles. The Bertz CT molecular complexity index is 705. The maximum absolute atomic E-state index is 11.9. The molecular weight excluding hydrogens is 224 g/mol. The van der Waals surface area contributed by atoms with E-state index in [4.69, 9.17) is 5.26 Å². The van der Waals surface area contributed by atoms with Crippen molar-refractivity contribution in [3.05, 3.63) is 56.9 Å². The second kappa shape index (κ2) is 4.50. The van der Waals surface area contributed by atoms with Gasteiger partial charge in [-0.3, -0.25) is 4.79 Å². The quantitative estimate of drug-likeness (QED) is 0.830. The van der Waals surface area contributed by atoms with E-state index in [1.165, 1.54) is 0 Å². The molecule has 18 heavy (non-hydrogen) atoms. The van der Waals surface area contributed by atoms with Crippen LogP contribution in [0.1, 0.15) is 22.3 Å². The Kier molecular flexibility index (Phi) is 3.03. The zero-order valence-corrected chi connectivity index (χ0v) is 10.7. The lowest BCUT2D eigenvalue weighted by Crippen LogP contribution is -2.15. The number of hydrogen-bond acceptors (Lipinski definition) is 2. The number of aromatic nitrogens is 1. The van der Waals surface area contributed by atoms with Crippen LogP contribution in [-0.4, -0.2) is 4.98 Å². The number of benzene rings is 1. The molecule has 0 fully saturated rings. The minimum absolute atomic E-state index is 0.199. The van der Waals surface area contributed by atoms with Crippen LogP contribution in [0.5, 0.6) is 0 Å². The predicted molar refractivity (Wildman–Crippen MR) is 71.4 cm³/mol. The number of H-pyrrole nitrogens is 1. The molecule has 1 heterocycles. The van der Waals surface area contributed by atoms with Gasteiger partial charge in [0.25, 0.3) is 5.56 Å². The van der Waals surface area contributed by atoms with Crippen molar-refractivity contribution in [3.8, 4) is 17.3 Å². The fourth-order valence-corrected chi connectivity index (χ4v) is 2.07. The number of nitrogens with one attached hydrogen (secondary N) is 1. The third-order valence-electron chi connectivity index (χ3n) is 3.30. The first-order valence-electron chi connectivity index (χ1n) is 5.76. The van der Waals surface area contributed by atoms with Gasteiger partial charge in [0.1, 0.15) is 11.6 Å². The molecule has 90 valence electrons. The van der Waals surface area contributed by atoms with Crippen LogP contribution in [0.25, 0.3) is 11.3 Å². The van der Waals surface area contributed by atoms with Crippen molar-refractivity contribution in [3.63, 3.8) is 0 Å². The first-order valence-corrected chi connectivity index (χ1v) is 5.76.